The number of aryl methyl sites for hydroxylation is 2. The topological polar surface area (TPSA) is 96.4 Å². The molecule has 0 bridgehead atoms. The molecule has 1 aliphatic carbocycles. The molecule has 37 heavy (non-hydrogen) atoms. The minimum absolute atomic E-state index is 0.0440. The van der Waals surface area contributed by atoms with Crippen molar-refractivity contribution in [3.8, 4) is 5.75 Å². The van der Waals surface area contributed by atoms with Crippen LogP contribution in [0.15, 0.2) is 41.0 Å². The van der Waals surface area contributed by atoms with Crippen LogP contribution in [-0.2, 0) is 27.2 Å². The first-order chi connectivity index (χ1) is 17.9. The van der Waals surface area contributed by atoms with Gasteiger partial charge in [-0.1, -0.05) is 19.8 Å². The second-order valence-electron chi connectivity index (χ2n) is 10.5. The predicted molar refractivity (Wildman–Crippen MR) is 139 cm³/mol. The molecule has 2 atom stereocenters. The van der Waals surface area contributed by atoms with Crippen LogP contribution in [0, 0.1) is 11.8 Å². The molecule has 0 amide bonds. The molecule has 0 aromatic carbocycles. The standard InChI is InChI=1S/C28H37N5O4/c1-4-22-12-20(25(15-29-22)36-5-2)10-11-28(21-8-6-7-9-21)13-24(34)23(27(35)37-28)17-32-18-26-30-14-19(3)16-33(26)31-32/h12,14-16,18,21,23,31H,4-11,13,17H2,1-3H3. The van der Waals surface area contributed by atoms with Gasteiger partial charge in [-0.15, -0.1) is 5.53 Å². The number of hydrazine groups is 2. The Bertz CT molecular complexity index is 1120. The molecule has 1 saturated heterocycles. The van der Waals surface area contributed by atoms with E-state index in [-0.39, 0.29) is 24.7 Å². The largest absolute Gasteiger partial charge is 0.492 e. The van der Waals surface area contributed by atoms with Crippen LogP contribution in [0.25, 0.3) is 0 Å². The summed E-state index contributed by atoms with van der Waals surface area (Å²) in [5.74, 6) is 0.393. The van der Waals surface area contributed by atoms with Gasteiger partial charge in [0.25, 0.3) is 0 Å². The quantitative estimate of drug-likeness (QED) is 0.398. The van der Waals surface area contributed by atoms with Crippen LogP contribution in [0.2, 0.25) is 0 Å². The van der Waals surface area contributed by atoms with E-state index < -0.39 is 17.5 Å². The molecular formula is C28H37N5O4. The van der Waals surface area contributed by atoms with Crippen molar-refractivity contribution >= 4 is 18.0 Å². The number of carbonyl (C=O) groups is 2. The maximum Gasteiger partial charge on any atom is 0.318 e. The zero-order chi connectivity index (χ0) is 26.0. The van der Waals surface area contributed by atoms with E-state index in [1.54, 1.807) is 22.4 Å². The average Bonchev–Trinajstić information content (AvgIpc) is 3.56. The van der Waals surface area contributed by atoms with Crippen LogP contribution >= 0.6 is 0 Å². The SMILES string of the molecule is CCOc1cnc(CC)cc1CCC1(C2CCCC2)CC(=O)C(CN2C=C3N=CC(C)=CN3N2)C(=O)O1. The third kappa shape index (κ3) is 5.28. The summed E-state index contributed by atoms with van der Waals surface area (Å²) in [6.07, 6.45) is 13.9. The molecule has 9 nitrogen and oxygen atoms in total. The second kappa shape index (κ2) is 10.7. The Morgan fingerprint density at radius 1 is 1.22 bits per heavy atom. The Morgan fingerprint density at radius 3 is 2.76 bits per heavy atom. The van der Waals surface area contributed by atoms with E-state index >= 15 is 0 Å². The number of allylic oxidation sites excluding steroid dienone is 1. The Balaban J connectivity index is 1.32. The molecule has 4 aliphatic rings. The van der Waals surface area contributed by atoms with Crippen molar-refractivity contribution in [1.29, 1.82) is 0 Å². The number of hydrogen-bond acceptors (Lipinski definition) is 9. The summed E-state index contributed by atoms with van der Waals surface area (Å²) in [4.78, 5) is 35.8. The summed E-state index contributed by atoms with van der Waals surface area (Å²) in [6, 6.07) is 2.09. The molecule has 0 spiro atoms. The van der Waals surface area contributed by atoms with Crippen molar-refractivity contribution in [2.75, 3.05) is 13.2 Å². The number of nitrogens with zero attached hydrogens (tertiary/aromatic N) is 4. The van der Waals surface area contributed by atoms with Gasteiger partial charge in [0.15, 0.2) is 11.6 Å². The van der Waals surface area contributed by atoms with Gasteiger partial charge < -0.3 is 9.47 Å². The molecule has 0 radical (unpaired) electrons. The number of aliphatic imine (C=N–C) groups is 1. The van der Waals surface area contributed by atoms with Crippen LogP contribution in [0.1, 0.15) is 70.6 Å². The smallest absolute Gasteiger partial charge is 0.318 e. The Morgan fingerprint density at radius 2 is 2.03 bits per heavy atom. The van der Waals surface area contributed by atoms with E-state index in [4.69, 9.17) is 9.47 Å². The third-order valence-electron chi connectivity index (χ3n) is 7.90. The van der Waals surface area contributed by atoms with Gasteiger partial charge in [0, 0.05) is 24.5 Å². The molecule has 1 saturated carbocycles. The van der Waals surface area contributed by atoms with Crippen molar-refractivity contribution in [3.05, 3.63) is 47.3 Å². The molecule has 1 aromatic rings. The van der Waals surface area contributed by atoms with Gasteiger partial charge in [-0.05, 0) is 69.1 Å². The summed E-state index contributed by atoms with van der Waals surface area (Å²) in [7, 11) is 0. The number of nitrogens with one attached hydrogen (secondary N) is 1. The number of aromatic nitrogens is 1. The Labute approximate surface area is 218 Å². The lowest BCUT2D eigenvalue weighted by Crippen LogP contribution is -2.54. The number of ether oxygens (including phenoxy) is 2. The van der Waals surface area contributed by atoms with Crippen LogP contribution in [0.4, 0.5) is 0 Å². The minimum atomic E-state index is -0.833. The molecule has 9 heteroatoms. The maximum absolute atomic E-state index is 13.5. The highest BCUT2D eigenvalue weighted by Gasteiger charge is 2.52. The second-order valence-corrected chi connectivity index (χ2v) is 10.5. The number of pyridine rings is 1. The van der Waals surface area contributed by atoms with Crippen LogP contribution in [-0.4, -0.2) is 51.7 Å². The zero-order valence-electron chi connectivity index (χ0n) is 22.0. The summed E-state index contributed by atoms with van der Waals surface area (Å²) in [5, 5.41) is 3.53. The van der Waals surface area contributed by atoms with E-state index in [0.717, 1.165) is 60.5 Å². The first-order valence-electron chi connectivity index (χ1n) is 13.5. The highest BCUT2D eigenvalue weighted by atomic mass is 16.6. The molecule has 1 aromatic heterocycles. The first kappa shape index (κ1) is 25.4. The van der Waals surface area contributed by atoms with Crippen LogP contribution in [0.3, 0.4) is 0 Å². The van der Waals surface area contributed by atoms with E-state index in [2.05, 4.69) is 28.5 Å². The number of fused-ring (bicyclic) bond motifs is 1. The van der Waals surface area contributed by atoms with Gasteiger partial charge in [-0.2, -0.15) is 0 Å². The molecule has 198 valence electrons. The van der Waals surface area contributed by atoms with Crippen molar-refractivity contribution < 1.29 is 19.1 Å². The number of cyclic esters (lactones) is 1. The fourth-order valence-electron chi connectivity index (χ4n) is 5.92. The van der Waals surface area contributed by atoms with Gasteiger partial charge in [0.1, 0.15) is 17.3 Å². The molecule has 2 unspecified atom stereocenters. The van der Waals surface area contributed by atoms with Crippen molar-refractivity contribution in [1.82, 2.24) is 20.5 Å². The number of ketones is 1. The van der Waals surface area contributed by atoms with E-state index in [9.17, 15) is 9.59 Å². The van der Waals surface area contributed by atoms with Crippen molar-refractivity contribution in [3.63, 3.8) is 0 Å². The normalized spacial score (nSPS) is 25.8. The maximum atomic E-state index is 13.5. The molecule has 1 N–H and O–H groups in total. The van der Waals surface area contributed by atoms with Gasteiger partial charge in [0.2, 0.25) is 0 Å². The Hall–Kier alpha value is -3.20. The number of hydrogen-bond donors (Lipinski definition) is 1. The van der Waals surface area contributed by atoms with E-state index in [0.29, 0.717) is 19.4 Å². The van der Waals surface area contributed by atoms with Crippen molar-refractivity contribution in [2.45, 2.75) is 77.7 Å². The zero-order valence-corrected chi connectivity index (χ0v) is 22.0. The van der Waals surface area contributed by atoms with Gasteiger partial charge in [-0.3, -0.25) is 19.6 Å². The molecule has 3 aliphatic heterocycles. The van der Waals surface area contributed by atoms with E-state index in [1.165, 1.54) is 0 Å². The fourth-order valence-corrected chi connectivity index (χ4v) is 5.92. The molecular weight excluding hydrogens is 470 g/mol. The molecule has 2 fully saturated rings. The summed E-state index contributed by atoms with van der Waals surface area (Å²) >= 11 is 0. The average molecular weight is 508 g/mol. The fraction of sp³-hybridized carbons (Fsp3) is 0.571. The minimum Gasteiger partial charge on any atom is -0.492 e. The number of carbonyl (C=O) groups excluding carboxylic acids is 2. The van der Waals surface area contributed by atoms with Crippen LogP contribution < -0.4 is 10.3 Å². The number of rotatable bonds is 9. The monoisotopic (exact) mass is 507 g/mol. The predicted octanol–water partition coefficient (Wildman–Crippen LogP) is 3.86. The summed E-state index contributed by atoms with van der Waals surface area (Å²) in [6.45, 7) is 6.76. The van der Waals surface area contributed by atoms with Gasteiger partial charge >= 0.3 is 5.97 Å². The number of Topliss-reactive ketones (excluding diaryl/α,β-unsaturated/α-hetero) is 1. The lowest BCUT2D eigenvalue weighted by molar-refractivity contribution is -0.186. The first-order valence-corrected chi connectivity index (χ1v) is 13.5. The lowest BCUT2D eigenvalue weighted by atomic mass is 9.74. The third-order valence-corrected chi connectivity index (χ3v) is 7.90. The van der Waals surface area contributed by atoms with Crippen LogP contribution in [0.5, 0.6) is 5.75 Å². The van der Waals surface area contributed by atoms with Gasteiger partial charge in [-0.25, -0.2) is 10.0 Å². The van der Waals surface area contributed by atoms with Gasteiger partial charge in [0.05, 0.1) is 25.5 Å². The highest BCUT2D eigenvalue weighted by molar-refractivity contribution is 6.02. The molecule has 5 rings (SSSR count). The number of esters is 1. The Kier molecular flexibility index (Phi) is 7.33. The van der Waals surface area contributed by atoms with E-state index in [1.807, 2.05) is 26.2 Å². The molecule has 4 heterocycles. The van der Waals surface area contributed by atoms with Crippen molar-refractivity contribution in [2.24, 2.45) is 16.8 Å². The lowest BCUT2D eigenvalue weighted by Gasteiger charge is -2.43. The summed E-state index contributed by atoms with van der Waals surface area (Å²) in [5.41, 5.74) is 5.47. The highest BCUT2D eigenvalue weighted by Crippen LogP contribution is 2.45. The summed E-state index contributed by atoms with van der Waals surface area (Å²) < 4.78 is 12.2.